The molecule has 1 aliphatic heterocycles. The van der Waals surface area contributed by atoms with E-state index in [2.05, 4.69) is 68.2 Å². The SMILES string of the molecule is Cc1ccccc1[N+]1(C)c2ncccc2N(C)[C@H]1C. The molecule has 0 spiro atoms. The Morgan fingerprint density at radius 3 is 2.63 bits per heavy atom. The van der Waals surface area contributed by atoms with Crippen LogP contribution < -0.4 is 9.38 Å². The lowest BCUT2D eigenvalue weighted by molar-refractivity contribution is 0.374. The van der Waals surface area contributed by atoms with E-state index < -0.39 is 0 Å². The summed E-state index contributed by atoms with van der Waals surface area (Å²) >= 11 is 0. The van der Waals surface area contributed by atoms with E-state index in [-0.39, 0.29) is 0 Å². The lowest BCUT2D eigenvalue weighted by Crippen LogP contribution is -2.50. The zero-order valence-corrected chi connectivity index (χ0v) is 12.0. The molecule has 0 radical (unpaired) electrons. The first-order valence-corrected chi connectivity index (χ1v) is 6.67. The zero-order chi connectivity index (χ0) is 13.6. The van der Waals surface area contributed by atoms with Gasteiger partial charge in [-0.3, -0.25) is 0 Å². The average molecular weight is 254 g/mol. The van der Waals surface area contributed by atoms with E-state index in [4.69, 9.17) is 0 Å². The highest BCUT2D eigenvalue weighted by Gasteiger charge is 2.47. The van der Waals surface area contributed by atoms with Gasteiger partial charge in [-0.1, -0.05) is 18.2 Å². The lowest BCUT2D eigenvalue weighted by Gasteiger charge is -2.35. The van der Waals surface area contributed by atoms with Crippen LogP contribution in [0.25, 0.3) is 0 Å². The maximum absolute atomic E-state index is 4.66. The molecule has 1 aliphatic rings. The minimum absolute atomic E-state index is 0.339. The molecule has 19 heavy (non-hydrogen) atoms. The number of para-hydroxylation sites is 1. The van der Waals surface area contributed by atoms with Gasteiger partial charge >= 0.3 is 0 Å². The number of anilines is 1. The van der Waals surface area contributed by atoms with Crippen molar-refractivity contribution in [2.75, 3.05) is 19.0 Å². The van der Waals surface area contributed by atoms with Gasteiger partial charge in [-0.2, -0.15) is 0 Å². The largest absolute Gasteiger partial charge is 0.319 e. The van der Waals surface area contributed by atoms with Crippen LogP contribution in [0.5, 0.6) is 0 Å². The molecule has 0 amide bonds. The molecule has 0 N–H and O–H groups in total. The summed E-state index contributed by atoms with van der Waals surface area (Å²) in [5.41, 5.74) is 3.85. The highest BCUT2D eigenvalue weighted by Crippen LogP contribution is 2.47. The third-order valence-electron chi connectivity index (χ3n) is 4.51. The van der Waals surface area contributed by atoms with Crippen molar-refractivity contribution < 1.29 is 0 Å². The fourth-order valence-electron chi connectivity index (χ4n) is 3.15. The summed E-state index contributed by atoms with van der Waals surface area (Å²) < 4.78 is 0.735. The van der Waals surface area contributed by atoms with Crippen LogP contribution in [0.4, 0.5) is 17.2 Å². The topological polar surface area (TPSA) is 16.1 Å². The van der Waals surface area contributed by atoms with Crippen molar-refractivity contribution in [3.8, 4) is 0 Å². The van der Waals surface area contributed by atoms with Gasteiger partial charge in [0.25, 0.3) is 5.82 Å². The first-order valence-electron chi connectivity index (χ1n) is 6.67. The summed E-state index contributed by atoms with van der Waals surface area (Å²) in [5, 5.41) is 0. The van der Waals surface area contributed by atoms with Gasteiger partial charge in [0.15, 0.2) is 6.17 Å². The van der Waals surface area contributed by atoms with Crippen LogP contribution in [-0.2, 0) is 0 Å². The Bertz CT molecular complexity index is 623. The molecule has 0 saturated carbocycles. The second kappa shape index (κ2) is 4.07. The molecule has 3 rings (SSSR count). The molecule has 98 valence electrons. The van der Waals surface area contributed by atoms with E-state index in [1.807, 2.05) is 12.3 Å². The molecule has 2 atom stereocenters. The number of aryl methyl sites for hydroxylation is 1. The van der Waals surface area contributed by atoms with Gasteiger partial charge in [0.05, 0.1) is 7.05 Å². The van der Waals surface area contributed by atoms with Crippen molar-refractivity contribution in [3.63, 3.8) is 0 Å². The standard InChI is InChI=1S/C16H20N3/c1-12-8-5-6-10-15(12)19(4)13(2)18(3)14-9-7-11-17-16(14)19/h5-11,13H,1-4H3/q+1/t13-,19?/m1/s1. The number of rotatable bonds is 1. The predicted octanol–water partition coefficient (Wildman–Crippen LogP) is 3.45. The number of pyridine rings is 1. The average Bonchev–Trinajstić information content (AvgIpc) is 2.63. The van der Waals surface area contributed by atoms with Crippen LogP contribution in [0.15, 0.2) is 42.6 Å². The molecule has 0 aliphatic carbocycles. The quantitative estimate of drug-likeness (QED) is 0.725. The third kappa shape index (κ3) is 1.51. The van der Waals surface area contributed by atoms with Crippen LogP contribution in [0.1, 0.15) is 12.5 Å². The highest BCUT2D eigenvalue weighted by molar-refractivity contribution is 5.77. The Hall–Kier alpha value is -1.87. The van der Waals surface area contributed by atoms with Crippen molar-refractivity contribution in [3.05, 3.63) is 48.2 Å². The van der Waals surface area contributed by atoms with E-state index in [9.17, 15) is 0 Å². The number of fused-ring (bicyclic) bond motifs is 1. The lowest BCUT2D eigenvalue weighted by atomic mass is 10.1. The number of quaternary nitrogens is 1. The van der Waals surface area contributed by atoms with E-state index in [1.165, 1.54) is 16.9 Å². The maximum Gasteiger partial charge on any atom is 0.258 e. The Morgan fingerprint density at radius 2 is 1.89 bits per heavy atom. The maximum atomic E-state index is 4.66. The van der Waals surface area contributed by atoms with Crippen LogP contribution in [0.3, 0.4) is 0 Å². The summed E-state index contributed by atoms with van der Waals surface area (Å²) in [5.74, 6) is 1.13. The van der Waals surface area contributed by atoms with Gasteiger partial charge in [0, 0.05) is 25.7 Å². The van der Waals surface area contributed by atoms with Crippen molar-refractivity contribution in [2.24, 2.45) is 0 Å². The van der Waals surface area contributed by atoms with Gasteiger partial charge in [-0.25, -0.2) is 9.47 Å². The van der Waals surface area contributed by atoms with Crippen molar-refractivity contribution in [1.82, 2.24) is 9.47 Å². The van der Waals surface area contributed by atoms with E-state index in [0.717, 1.165) is 10.3 Å². The molecule has 2 aromatic rings. The minimum Gasteiger partial charge on any atom is -0.319 e. The summed E-state index contributed by atoms with van der Waals surface area (Å²) in [7, 11) is 4.40. The normalized spacial score (nSPS) is 25.5. The summed E-state index contributed by atoms with van der Waals surface area (Å²) in [6.07, 6.45) is 2.23. The molecule has 3 nitrogen and oxygen atoms in total. The molecule has 0 bridgehead atoms. The Labute approximate surface area is 114 Å². The number of nitrogens with zero attached hydrogens (tertiary/aromatic N) is 3. The van der Waals surface area contributed by atoms with Crippen molar-refractivity contribution >= 4 is 17.2 Å². The van der Waals surface area contributed by atoms with Crippen LogP contribution >= 0.6 is 0 Å². The molecule has 3 heteroatoms. The predicted molar refractivity (Wildman–Crippen MR) is 80.7 cm³/mol. The van der Waals surface area contributed by atoms with Crippen LogP contribution in [0.2, 0.25) is 0 Å². The fraction of sp³-hybridized carbons (Fsp3) is 0.312. The van der Waals surface area contributed by atoms with Crippen molar-refractivity contribution in [1.29, 1.82) is 0 Å². The summed E-state index contributed by atoms with van der Waals surface area (Å²) in [6.45, 7) is 4.43. The highest BCUT2D eigenvalue weighted by atomic mass is 15.5. The van der Waals surface area contributed by atoms with Gasteiger partial charge < -0.3 is 4.90 Å². The zero-order valence-electron chi connectivity index (χ0n) is 12.0. The summed E-state index contributed by atoms with van der Waals surface area (Å²) in [6, 6.07) is 12.8. The monoisotopic (exact) mass is 254 g/mol. The molecular formula is C16H20N3+. The molecule has 1 unspecified atom stereocenters. The van der Waals surface area contributed by atoms with Gasteiger partial charge in [-0.15, -0.1) is 0 Å². The fourth-order valence-corrected chi connectivity index (χ4v) is 3.15. The second-order valence-corrected chi connectivity index (χ2v) is 5.45. The summed E-state index contributed by atoms with van der Waals surface area (Å²) in [4.78, 5) is 6.98. The van der Waals surface area contributed by atoms with E-state index in [1.54, 1.807) is 0 Å². The molecule has 1 aromatic carbocycles. The molecule has 2 heterocycles. The molecule has 0 saturated heterocycles. The minimum atomic E-state index is 0.339. The first kappa shape index (κ1) is 12.2. The smallest absolute Gasteiger partial charge is 0.258 e. The second-order valence-electron chi connectivity index (χ2n) is 5.45. The van der Waals surface area contributed by atoms with Gasteiger partial charge in [0.1, 0.15) is 11.4 Å². The first-order chi connectivity index (χ1) is 9.06. The van der Waals surface area contributed by atoms with Crippen LogP contribution in [-0.4, -0.2) is 25.2 Å². The number of aromatic nitrogens is 1. The van der Waals surface area contributed by atoms with Gasteiger partial charge in [0.2, 0.25) is 0 Å². The van der Waals surface area contributed by atoms with E-state index >= 15 is 0 Å². The Balaban J connectivity index is 2.27. The van der Waals surface area contributed by atoms with E-state index in [0.29, 0.717) is 6.17 Å². The van der Waals surface area contributed by atoms with Crippen LogP contribution in [0, 0.1) is 6.92 Å². The van der Waals surface area contributed by atoms with Crippen molar-refractivity contribution in [2.45, 2.75) is 20.0 Å². The number of benzene rings is 1. The Kier molecular flexibility index (Phi) is 2.61. The third-order valence-corrected chi connectivity index (χ3v) is 4.51. The van der Waals surface area contributed by atoms with Gasteiger partial charge in [-0.05, 0) is 25.1 Å². The molecular weight excluding hydrogens is 234 g/mol. The molecule has 1 aromatic heterocycles. The number of hydrogen-bond donors (Lipinski definition) is 0. The number of hydrogen-bond acceptors (Lipinski definition) is 2. The molecule has 0 fully saturated rings. The Morgan fingerprint density at radius 1 is 1.16 bits per heavy atom.